The highest BCUT2D eigenvalue weighted by Gasteiger charge is 2.24. The van der Waals surface area contributed by atoms with E-state index in [1.807, 2.05) is 0 Å². The van der Waals surface area contributed by atoms with Gasteiger partial charge in [-0.05, 0) is 29.8 Å². The van der Waals surface area contributed by atoms with Gasteiger partial charge in [0.25, 0.3) is 20.2 Å². The van der Waals surface area contributed by atoms with E-state index < -0.39 is 52.8 Å². The fraction of sp³-hybridized carbons (Fsp3) is 0. The van der Waals surface area contributed by atoms with Gasteiger partial charge in [0.05, 0.1) is 10.6 Å². The molecule has 0 aliphatic rings. The van der Waals surface area contributed by atoms with Crippen LogP contribution >= 0.6 is 11.6 Å². The lowest BCUT2D eigenvalue weighted by Gasteiger charge is -2.13. The molecule has 2 aromatic carbocycles. The largest absolute Gasteiger partial charge is 0.507 e. The van der Waals surface area contributed by atoms with Crippen LogP contribution in [0.2, 0.25) is 5.28 Å². The van der Waals surface area contributed by atoms with Gasteiger partial charge in [-0.1, -0.05) is 0 Å². The number of H-pyrrole nitrogens is 1. The maximum atomic E-state index is 12.0. The van der Waals surface area contributed by atoms with Gasteiger partial charge < -0.3 is 10.4 Å². The maximum absolute atomic E-state index is 12.0. The number of nitrogens with one attached hydrogen (secondary N) is 2. The summed E-state index contributed by atoms with van der Waals surface area (Å²) in [6, 6.07) is 3.75. The Morgan fingerprint density at radius 2 is 1.68 bits per heavy atom. The van der Waals surface area contributed by atoms with Crippen molar-refractivity contribution < 1.29 is 31.0 Å². The van der Waals surface area contributed by atoms with Gasteiger partial charge in [-0.3, -0.25) is 14.1 Å². The van der Waals surface area contributed by atoms with E-state index in [2.05, 4.69) is 20.3 Å². The molecular formula is C13H9ClN4O8S2. The third-order valence-corrected chi connectivity index (χ3v) is 5.43. The third kappa shape index (κ3) is 3.90. The Morgan fingerprint density at radius 1 is 1.00 bits per heavy atom. The lowest BCUT2D eigenvalue weighted by molar-refractivity contribution is 0.470. The number of phenolic OH excluding ortho intramolecular Hbond substituents is 1. The van der Waals surface area contributed by atoms with Crippen LogP contribution in [0.25, 0.3) is 10.8 Å². The van der Waals surface area contributed by atoms with E-state index in [0.717, 1.165) is 12.1 Å². The van der Waals surface area contributed by atoms with Crippen molar-refractivity contribution in [3.05, 3.63) is 40.0 Å². The Morgan fingerprint density at radius 3 is 2.25 bits per heavy atom. The predicted octanol–water partition coefficient (Wildman–Crippen LogP) is 0.914. The molecule has 3 rings (SSSR count). The Labute approximate surface area is 161 Å². The molecule has 1 aromatic heterocycles. The molecule has 0 aliphatic heterocycles. The molecule has 0 saturated carbocycles. The minimum Gasteiger partial charge on any atom is -0.507 e. The fourth-order valence-electron chi connectivity index (χ4n) is 2.42. The molecule has 0 fully saturated rings. The molecule has 0 atom stereocenters. The number of rotatable bonds is 4. The fourth-order valence-corrected chi connectivity index (χ4v) is 3.95. The molecule has 0 spiro atoms. The van der Waals surface area contributed by atoms with E-state index >= 15 is 0 Å². The average Bonchev–Trinajstić information content (AvgIpc) is 2.51. The quantitative estimate of drug-likeness (QED) is 0.355. The number of aromatic nitrogens is 3. The summed E-state index contributed by atoms with van der Waals surface area (Å²) in [6.07, 6.45) is 0. The number of aromatic hydroxyl groups is 1. The van der Waals surface area contributed by atoms with Crippen LogP contribution in [-0.4, -0.2) is 46.0 Å². The molecule has 12 nitrogen and oxygen atoms in total. The molecule has 148 valence electrons. The number of fused-ring (bicyclic) bond motifs is 1. The van der Waals surface area contributed by atoms with Gasteiger partial charge in [0.1, 0.15) is 10.6 Å². The molecule has 0 bridgehead atoms. The van der Waals surface area contributed by atoms with E-state index in [9.17, 15) is 35.8 Å². The molecule has 28 heavy (non-hydrogen) atoms. The van der Waals surface area contributed by atoms with Crippen molar-refractivity contribution in [3.8, 4) is 5.75 Å². The minimum absolute atomic E-state index is 0.143. The number of anilines is 2. The van der Waals surface area contributed by atoms with Crippen molar-refractivity contribution in [1.29, 1.82) is 0 Å². The van der Waals surface area contributed by atoms with Crippen molar-refractivity contribution in [1.82, 2.24) is 15.0 Å². The molecule has 0 saturated heterocycles. The molecule has 1 heterocycles. The standard InChI is InChI=1S/C13H9ClN4O8S2/c14-11-16-12(18-13(20)17-11)15-8-2-1-6-7(10(8)28(24,25)26)3-5(4-9(6)19)27(21,22)23/h1-4,19H,(H,21,22,23)(H,24,25,26)(H2,15,16,17,18,20). The minimum atomic E-state index is -5.00. The van der Waals surface area contributed by atoms with Gasteiger partial charge in [0, 0.05) is 16.8 Å². The first-order valence-electron chi connectivity index (χ1n) is 7.02. The zero-order chi connectivity index (χ0) is 20.9. The summed E-state index contributed by atoms with van der Waals surface area (Å²) in [6.45, 7) is 0. The van der Waals surface area contributed by atoms with Crippen LogP contribution in [-0.2, 0) is 20.2 Å². The number of aromatic amines is 1. The highest BCUT2D eigenvalue weighted by Crippen LogP contribution is 2.37. The first kappa shape index (κ1) is 20.0. The average molecular weight is 449 g/mol. The summed E-state index contributed by atoms with van der Waals surface area (Å²) in [7, 11) is -9.81. The lowest BCUT2D eigenvalue weighted by Crippen LogP contribution is -2.15. The first-order valence-corrected chi connectivity index (χ1v) is 10.3. The normalized spacial score (nSPS) is 12.2. The second-order valence-electron chi connectivity index (χ2n) is 5.32. The van der Waals surface area contributed by atoms with Crippen LogP contribution < -0.4 is 11.0 Å². The number of halogens is 1. The summed E-state index contributed by atoms with van der Waals surface area (Å²) < 4.78 is 65.5. The van der Waals surface area contributed by atoms with Crippen LogP contribution in [0.15, 0.2) is 38.9 Å². The topological polar surface area (TPSA) is 200 Å². The molecule has 0 unspecified atom stereocenters. The van der Waals surface area contributed by atoms with Crippen molar-refractivity contribution in [2.75, 3.05) is 5.32 Å². The van der Waals surface area contributed by atoms with Crippen LogP contribution in [0, 0.1) is 0 Å². The molecular weight excluding hydrogens is 440 g/mol. The van der Waals surface area contributed by atoms with E-state index in [1.54, 1.807) is 0 Å². The van der Waals surface area contributed by atoms with Gasteiger partial charge in [-0.15, -0.1) is 0 Å². The van der Waals surface area contributed by atoms with Crippen LogP contribution in [0.5, 0.6) is 5.75 Å². The number of hydrogen-bond donors (Lipinski definition) is 5. The van der Waals surface area contributed by atoms with Gasteiger partial charge in [0.15, 0.2) is 0 Å². The number of hydrogen-bond acceptors (Lipinski definition) is 9. The highest BCUT2D eigenvalue weighted by atomic mass is 35.5. The summed E-state index contributed by atoms with van der Waals surface area (Å²) >= 11 is 5.59. The molecule has 15 heteroatoms. The zero-order valence-electron chi connectivity index (χ0n) is 13.3. The Balaban J connectivity index is 2.36. The Bertz CT molecular complexity index is 1390. The predicted molar refractivity (Wildman–Crippen MR) is 96.2 cm³/mol. The van der Waals surface area contributed by atoms with Gasteiger partial charge in [0.2, 0.25) is 11.2 Å². The molecule has 0 aliphatic carbocycles. The van der Waals surface area contributed by atoms with Crippen molar-refractivity contribution in [2.45, 2.75) is 9.79 Å². The van der Waals surface area contributed by atoms with Gasteiger partial charge >= 0.3 is 5.69 Å². The monoisotopic (exact) mass is 448 g/mol. The Kier molecular flexibility index (Phi) is 4.76. The maximum Gasteiger partial charge on any atom is 0.350 e. The van der Waals surface area contributed by atoms with E-state index in [-0.39, 0.29) is 16.4 Å². The van der Waals surface area contributed by atoms with Gasteiger partial charge in [-0.25, -0.2) is 4.79 Å². The number of benzene rings is 2. The number of nitrogens with zero attached hydrogens (tertiary/aromatic N) is 2. The first-order chi connectivity index (χ1) is 12.9. The number of phenols is 1. The van der Waals surface area contributed by atoms with Crippen molar-refractivity contribution in [3.63, 3.8) is 0 Å². The van der Waals surface area contributed by atoms with Crippen molar-refractivity contribution >= 4 is 54.2 Å². The van der Waals surface area contributed by atoms with Crippen LogP contribution in [0.1, 0.15) is 0 Å². The van der Waals surface area contributed by atoms with Crippen LogP contribution in [0.3, 0.4) is 0 Å². The highest BCUT2D eigenvalue weighted by molar-refractivity contribution is 7.86. The zero-order valence-corrected chi connectivity index (χ0v) is 15.7. The van der Waals surface area contributed by atoms with Crippen LogP contribution in [0.4, 0.5) is 11.6 Å². The summed E-state index contributed by atoms with van der Waals surface area (Å²) in [5.41, 5.74) is -1.26. The molecule has 0 radical (unpaired) electrons. The second kappa shape index (κ2) is 6.68. The smallest absolute Gasteiger partial charge is 0.350 e. The van der Waals surface area contributed by atoms with E-state index in [1.165, 1.54) is 6.07 Å². The van der Waals surface area contributed by atoms with Crippen molar-refractivity contribution in [2.24, 2.45) is 0 Å². The summed E-state index contributed by atoms with van der Waals surface area (Å²) in [5.74, 6) is -1.09. The SMILES string of the molecule is O=c1nc(Nc2ccc3c(O)cc(S(=O)(=O)O)cc3c2S(=O)(=O)O)nc(Cl)[nH]1. The lowest BCUT2D eigenvalue weighted by atomic mass is 10.1. The van der Waals surface area contributed by atoms with E-state index in [4.69, 9.17) is 11.6 Å². The Hall–Kier alpha value is -2.78. The third-order valence-electron chi connectivity index (χ3n) is 3.46. The summed E-state index contributed by atoms with van der Waals surface area (Å²) in [5, 5.41) is 11.4. The van der Waals surface area contributed by atoms with E-state index in [0.29, 0.717) is 6.07 Å². The molecule has 5 N–H and O–H groups in total. The summed E-state index contributed by atoms with van der Waals surface area (Å²) in [4.78, 5) is 18.8. The van der Waals surface area contributed by atoms with Gasteiger partial charge in [-0.2, -0.15) is 26.8 Å². The molecule has 3 aromatic rings. The second-order valence-corrected chi connectivity index (χ2v) is 8.46. The molecule has 0 amide bonds.